The molecule has 0 bridgehead atoms. The van der Waals surface area contributed by atoms with Gasteiger partial charge in [0.2, 0.25) is 0 Å². The number of amides is 1. The second-order valence-corrected chi connectivity index (χ2v) is 6.10. The fraction of sp³-hybridized carbons (Fsp3) is 0.647. The van der Waals surface area contributed by atoms with Crippen LogP contribution in [0.5, 0.6) is 0 Å². The molecule has 0 unspecified atom stereocenters. The lowest BCUT2D eigenvalue weighted by Crippen LogP contribution is -2.35. The molecule has 116 valence electrons. The number of aromatic nitrogens is 1. The first kappa shape index (κ1) is 15.8. The van der Waals surface area contributed by atoms with Crippen molar-refractivity contribution in [3.63, 3.8) is 0 Å². The summed E-state index contributed by atoms with van der Waals surface area (Å²) in [6.07, 6.45) is 8.92. The smallest absolute Gasteiger partial charge is 0.252 e. The fourth-order valence-electron chi connectivity index (χ4n) is 3.04. The Hall–Kier alpha value is -1.58. The van der Waals surface area contributed by atoms with Crippen LogP contribution in [0.4, 0.5) is 5.82 Å². The van der Waals surface area contributed by atoms with Crippen molar-refractivity contribution in [3.8, 4) is 0 Å². The van der Waals surface area contributed by atoms with Crippen molar-refractivity contribution in [2.24, 2.45) is 5.41 Å². The summed E-state index contributed by atoms with van der Waals surface area (Å²) in [7, 11) is 0. The quantitative estimate of drug-likeness (QED) is 0.806. The number of carbonyl (C=O) groups excluding carboxylic acids is 1. The van der Waals surface area contributed by atoms with Crippen LogP contribution in [0.3, 0.4) is 0 Å². The number of hydrogen-bond acceptors (Lipinski definition) is 3. The third-order valence-corrected chi connectivity index (χ3v) is 4.62. The molecule has 1 heterocycles. The van der Waals surface area contributed by atoms with E-state index in [4.69, 9.17) is 0 Å². The summed E-state index contributed by atoms with van der Waals surface area (Å²) in [6, 6.07) is 3.71. The van der Waals surface area contributed by atoms with Crippen LogP contribution in [0, 0.1) is 5.41 Å². The zero-order chi connectivity index (χ0) is 15.1. The third-order valence-electron chi connectivity index (χ3n) is 4.62. The van der Waals surface area contributed by atoms with Crippen molar-refractivity contribution in [1.82, 2.24) is 10.3 Å². The molecular formula is C17H27N3O. The van der Waals surface area contributed by atoms with Crippen molar-refractivity contribution in [3.05, 3.63) is 23.9 Å². The van der Waals surface area contributed by atoms with Crippen molar-refractivity contribution >= 4 is 11.7 Å². The van der Waals surface area contributed by atoms with Gasteiger partial charge in [-0.05, 0) is 43.2 Å². The second-order valence-electron chi connectivity index (χ2n) is 6.10. The van der Waals surface area contributed by atoms with Crippen molar-refractivity contribution in [2.45, 2.75) is 52.4 Å². The largest absolute Gasteiger partial charge is 0.370 e. The van der Waals surface area contributed by atoms with Gasteiger partial charge in [0.1, 0.15) is 5.82 Å². The van der Waals surface area contributed by atoms with Gasteiger partial charge >= 0.3 is 0 Å². The maximum atomic E-state index is 12.2. The van der Waals surface area contributed by atoms with E-state index >= 15 is 0 Å². The predicted octanol–water partition coefficient (Wildman–Crippen LogP) is 3.60. The average molecular weight is 289 g/mol. The van der Waals surface area contributed by atoms with Gasteiger partial charge in [0, 0.05) is 19.3 Å². The van der Waals surface area contributed by atoms with E-state index in [0.29, 0.717) is 11.0 Å². The number of carbonyl (C=O) groups is 1. The van der Waals surface area contributed by atoms with Gasteiger partial charge in [0.15, 0.2) is 0 Å². The first-order valence-corrected chi connectivity index (χ1v) is 8.17. The molecular weight excluding hydrogens is 262 g/mol. The molecule has 1 aromatic rings. The van der Waals surface area contributed by atoms with E-state index in [1.807, 2.05) is 12.1 Å². The van der Waals surface area contributed by atoms with E-state index in [-0.39, 0.29) is 5.91 Å². The molecule has 1 aliphatic rings. The molecule has 0 aromatic carbocycles. The minimum absolute atomic E-state index is 0.00994. The molecule has 1 fully saturated rings. The van der Waals surface area contributed by atoms with Crippen molar-refractivity contribution < 1.29 is 4.79 Å². The summed E-state index contributed by atoms with van der Waals surface area (Å²) in [4.78, 5) is 16.5. The molecule has 0 aliphatic heterocycles. The number of hydrogen-bond donors (Lipinski definition) is 2. The van der Waals surface area contributed by atoms with E-state index < -0.39 is 0 Å². The molecule has 4 nitrogen and oxygen atoms in total. The minimum atomic E-state index is -0.00994. The Balaban J connectivity index is 1.88. The molecule has 0 radical (unpaired) electrons. The number of nitrogens with one attached hydrogen (secondary N) is 2. The van der Waals surface area contributed by atoms with Crippen LogP contribution in [0.1, 0.15) is 62.7 Å². The summed E-state index contributed by atoms with van der Waals surface area (Å²) in [5.74, 6) is 0.818. The highest BCUT2D eigenvalue weighted by Crippen LogP contribution is 2.40. The lowest BCUT2D eigenvalue weighted by Gasteiger charge is -2.27. The lowest BCUT2D eigenvalue weighted by atomic mass is 9.83. The van der Waals surface area contributed by atoms with Gasteiger partial charge < -0.3 is 10.6 Å². The van der Waals surface area contributed by atoms with Gasteiger partial charge in [0.05, 0.1) is 5.56 Å². The molecule has 21 heavy (non-hydrogen) atoms. The SMILES string of the molecule is CCCNc1ccc(C(=O)NCC2(CC)CCCC2)cn1. The molecule has 0 saturated heterocycles. The Morgan fingerprint density at radius 1 is 1.29 bits per heavy atom. The van der Waals surface area contributed by atoms with E-state index in [1.165, 1.54) is 25.7 Å². The highest BCUT2D eigenvalue weighted by Gasteiger charge is 2.32. The van der Waals surface area contributed by atoms with Crippen molar-refractivity contribution in [1.29, 1.82) is 0 Å². The molecule has 1 saturated carbocycles. The van der Waals surface area contributed by atoms with Crippen LogP contribution < -0.4 is 10.6 Å². The third kappa shape index (κ3) is 4.19. The van der Waals surface area contributed by atoms with E-state index in [9.17, 15) is 4.79 Å². The summed E-state index contributed by atoms with van der Waals surface area (Å²) >= 11 is 0. The maximum absolute atomic E-state index is 12.2. The molecule has 1 aliphatic carbocycles. The fourth-order valence-corrected chi connectivity index (χ4v) is 3.04. The molecule has 2 N–H and O–H groups in total. The van der Waals surface area contributed by atoms with Crippen LogP contribution in [0.2, 0.25) is 0 Å². The number of anilines is 1. The van der Waals surface area contributed by atoms with Gasteiger partial charge in [-0.1, -0.05) is 26.7 Å². The maximum Gasteiger partial charge on any atom is 0.252 e. The minimum Gasteiger partial charge on any atom is -0.370 e. The van der Waals surface area contributed by atoms with E-state index in [0.717, 1.165) is 31.7 Å². The second kappa shape index (κ2) is 7.43. The molecule has 1 aromatic heterocycles. The number of pyridine rings is 1. The van der Waals surface area contributed by atoms with E-state index in [2.05, 4.69) is 29.5 Å². The van der Waals surface area contributed by atoms with Gasteiger partial charge in [-0.25, -0.2) is 4.98 Å². The zero-order valence-corrected chi connectivity index (χ0v) is 13.2. The van der Waals surface area contributed by atoms with Crippen LogP contribution >= 0.6 is 0 Å². The number of nitrogens with zero attached hydrogens (tertiary/aromatic N) is 1. The molecule has 0 spiro atoms. The van der Waals surface area contributed by atoms with Crippen LogP contribution in [0.25, 0.3) is 0 Å². The van der Waals surface area contributed by atoms with Gasteiger partial charge in [-0.2, -0.15) is 0 Å². The standard InChI is InChI=1S/C17H27N3O/c1-3-11-18-15-8-7-14(12-19-15)16(21)20-13-17(4-2)9-5-6-10-17/h7-8,12H,3-6,9-11,13H2,1-2H3,(H,18,19)(H,20,21). The summed E-state index contributed by atoms with van der Waals surface area (Å²) < 4.78 is 0. The van der Waals surface area contributed by atoms with Crippen molar-refractivity contribution in [2.75, 3.05) is 18.4 Å². The van der Waals surface area contributed by atoms with Crippen LogP contribution in [-0.4, -0.2) is 24.0 Å². The average Bonchev–Trinajstić information content (AvgIpc) is 3.00. The summed E-state index contributed by atoms with van der Waals surface area (Å²) in [5, 5.41) is 6.31. The van der Waals surface area contributed by atoms with E-state index in [1.54, 1.807) is 6.20 Å². The Bertz CT molecular complexity index is 450. The highest BCUT2D eigenvalue weighted by molar-refractivity contribution is 5.94. The Morgan fingerprint density at radius 3 is 2.62 bits per heavy atom. The summed E-state index contributed by atoms with van der Waals surface area (Å²) in [6.45, 7) is 6.03. The molecule has 1 amide bonds. The first-order chi connectivity index (χ1) is 10.2. The first-order valence-electron chi connectivity index (χ1n) is 8.17. The molecule has 2 rings (SSSR count). The summed E-state index contributed by atoms with van der Waals surface area (Å²) in [5.41, 5.74) is 0.965. The Morgan fingerprint density at radius 2 is 2.05 bits per heavy atom. The number of rotatable bonds is 7. The molecule has 4 heteroatoms. The van der Waals surface area contributed by atoms with Crippen LogP contribution in [-0.2, 0) is 0 Å². The highest BCUT2D eigenvalue weighted by atomic mass is 16.1. The monoisotopic (exact) mass is 289 g/mol. The molecule has 0 atom stereocenters. The Kier molecular flexibility index (Phi) is 5.59. The zero-order valence-electron chi connectivity index (χ0n) is 13.2. The van der Waals surface area contributed by atoms with Gasteiger partial charge in [0.25, 0.3) is 5.91 Å². The topological polar surface area (TPSA) is 54.0 Å². The Labute approximate surface area is 127 Å². The van der Waals surface area contributed by atoms with Gasteiger partial charge in [-0.3, -0.25) is 4.79 Å². The predicted molar refractivity (Wildman–Crippen MR) is 86.5 cm³/mol. The van der Waals surface area contributed by atoms with Crippen LogP contribution in [0.15, 0.2) is 18.3 Å². The van der Waals surface area contributed by atoms with Gasteiger partial charge in [-0.15, -0.1) is 0 Å². The lowest BCUT2D eigenvalue weighted by molar-refractivity contribution is 0.0928. The normalized spacial score (nSPS) is 16.7.